The van der Waals surface area contributed by atoms with Crippen molar-refractivity contribution in [3.05, 3.63) is 29.8 Å². The number of rotatable bonds is 6. The first kappa shape index (κ1) is 19.7. The molecule has 0 aromatic heterocycles. The lowest BCUT2D eigenvalue weighted by molar-refractivity contribution is -0.152. The highest BCUT2D eigenvalue weighted by molar-refractivity contribution is 14.1. The van der Waals surface area contributed by atoms with Crippen molar-refractivity contribution in [2.24, 2.45) is 0 Å². The summed E-state index contributed by atoms with van der Waals surface area (Å²) in [6.07, 6.45) is 4.90. The molecule has 1 aromatic carbocycles. The Kier molecular flexibility index (Phi) is 7.06. The van der Waals surface area contributed by atoms with Crippen molar-refractivity contribution < 1.29 is 17.9 Å². The molecule has 7 heteroatoms. The Hall–Kier alpha value is -0.670. The molecule has 1 aromatic rings. The van der Waals surface area contributed by atoms with Crippen molar-refractivity contribution in [1.82, 2.24) is 4.72 Å². The van der Waals surface area contributed by atoms with Crippen molar-refractivity contribution in [3.8, 4) is 0 Å². The molecule has 24 heavy (non-hydrogen) atoms. The van der Waals surface area contributed by atoms with Gasteiger partial charge < -0.3 is 4.74 Å². The third-order valence-corrected chi connectivity index (χ3v) is 6.34. The van der Waals surface area contributed by atoms with Crippen LogP contribution in [0.25, 0.3) is 0 Å². The lowest BCUT2D eigenvalue weighted by Crippen LogP contribution is -2.47. The van der Waals surface area contributed by atoms with E-state index in [-0.39, 0.29) is 14.9 Å². The Bertz CT molecular complexity index is 652. The number of aryl methyl sites for hydroxylation is 1. The molecular weight excluding hydrogens is 441 g/mol. The quantitative estimate of drug-likeness (QED) is 0.398. The van der Waals surface area contributed by atoms with E-state index in [1.54, 1.807) is 31.2 Å². The Morgan fingerprint density at radius 3 is 2.33 bits per heavy atom. The lowest BCUT2D eigenvalue weighted by atomic mass is 9.98. The van der Waals surface area contributed by atoms with E-state index in [1.165, 1.54) is 6.42 Å². The van der Waals surface area contributed by atoms with E-state index in [2.05, 4.69) is 27.3 Å². The largest absolute Gasteiger partial charge is 0.461 e. The van der Waals surface area contributed by atoms with E-state index in [4.69, 9.17) is 4.74 Å². The molecule has 1 fully saturated rings. The first-order valence-electron chi connectivity index (χ1n) is 8.23. The van der Waals surface area contributed by atoms with Crippen LogP contribution in [0.2, 0.25) is 0 Å². The highest BCUT2D eigenvalue weighted by Crippen LogP contribution is 2.22. The van der Waals surface area contributed by atoms with Crippen molar-refractivity contribution in [2.45, 2.75) is 66.9 Å². The average molecular weight is 465 g/mol. The highest BCUT2D eigenvalue weighted by atomic mass is 127. The van der Waals surface area contributed by atoms with Gasteiger partial charge in [-0.3, -0.25) is 4.79 Å². The molecule has 1 aliphatic carbocycles. The van der Waals surface area contributed by atoms with Crippen LogP contribution >= 0.6 is 22.6 Å². The van der Waals surface area contributed by atoms with Gasteiger partial charge in [0.05, 0.1) is 4.90 Å². The van der Waals surface area contributed by atoms with Crippen LogP contribution in [-0.4, -0.2) is 30.5 Å². The smallest absolute Gasteiger partial charge is 0.325 e. The maximum atomic E-state index is 12.5. The third kappa shape index (κ3) is 5.42. The van der Waals surface area contributed by atoms with Crippen LogP contribution in [0, 0.1) is 6.92 Å². The van der Waals surface area contributed by atoms with Crippen molar-refractivity contribution >= 4 is 38.6 Å². The number of hydrogen-bond acceptors (Lipinski definition) is 4. The van der Waals surface area contributed by atoms with E-state index in [0.717, 1.165) is 31.2 Å². The van der Waals surface area contributed by atoms with E-state index < -0.39 is 22.0 Å². The van der Waals surface area contributed by atoms with Crippen LogP contribution in [0.4, 0.5) is 0 Å². The predicted molar refractivity (Wildman–Crippen MR) is 102 cm³/mol. The number of ether oxygens (including phenoxy) is 1. The van der Waals surface area contributed by atoms with E-state index in [9.17, 15) is 13.2 Å². The van der Waals surface area contributed by atoms with Gasteiger partial charge in [0.25, 0.3) is 0 Å². The topological polar surface area (TPSA) is 72.5 Å². The molecule has 134 valence electrons. The normalized spacial score (nSPS) is 18.8. The molecule has 0 radical (unpaired) electrons. The van der Waals surface area contributed by atoms with Gasteiger partial charge in [-0.25, -0.2) is 8.42 Å². The summed E-state index contributed by atoms with van der Waals surface area (Å²) in [6.45, 7) is 3.69. The number of hydrogen-bond donors (Lipinski definition) is 1. The summed E-state index contributed by atoms with van der Waals surface area (Å²) in [6, 6.07) is 5.66. The molecule has 5 nitrogen and oxygen atoms in total. The third-order valence-electron chi connectivity index (χ3n) is 4.16. The maximum absolute atomic E-state index is 12.5. The number of carbonyl (C=O) groups excluding carboxylic acids is 1. The molecule has 2 unspecified atom stereocenters. The Labute approximate surface area is 157 Å². The minimum atomic E-state index is -3.76. The molecule has 0 saturated heterocycles. The molecule has 0 heterocycles. The van der Waals surface area contributed by atoms with Gasteiger partial charge in [0, 0.05) is 3.92 Å². The second-order valence-corrected chi connectivity index (χ2v) is 9.97. The second-order valence-electron chi connectivity index (χ2n) is 6.29. The van der Waals surface area contributed by atoms with Gasteiger partial charge >= 0.3 is 5.97 Å². The van der Waals surface area contributed by atoms with Gasteiger partial charge in [0.2, 0.25) is 10.0 Å². The number of sulfonamides is 1. The summed E-state index contributed by atoms with van der Waals surface area (Å²) >= 11 is 2.05. The van der Waals surface area contributed by atoms with Gasteiger partial charge in [-0.1, -0.05) is 53.6 Å². The number of benzene rings is 1. The van der Waals surface area contributed by atoms with Crippen LogP contribution in [0.15, 0.2) is 29.2 Å². The fourth-order valence-corrected chi connectivity index (χ4v) is 4.69. The molecule has 1 saturated carbocycles. The summed E-state index contributed by atoms with van der Waals surface area (Å²) in [4.78, 5) is 12.6. The van der Waals surface area contributed by atoms with Crippen molar-refractivity contribution in [1.29, 1.82) is 0 Å². The summed E-state index contributed by atoms with van der Waals surface area (Å²) < 4.78 is 32.9. The molecule has 0 amide bonds. The van der Waals surface area contributed by atoms with Gasteiger partial charge in [0.1, 0.15) is 12.1 Å². The Balaban J connectivity index is 2.09. The van der Waals surface area contributed by atoms with E-state index in [1.807, 2.05) is 6.92 Å². The van der Waals surface area contributed by atoms with Gasteiger partial charge in [-0.05, 0) is 44.7 Å². The van der Waals surface area contributed by atoms with Crippen molar-refractivity contribution in [3.63, 3.8) is 0 Å². The molecular formula is C17H24INO4S. The van der Waals surface area contributed by atoms with Gasteiger partial charge in [-0.15, -0.1) is 0 Å². The van der Waals surface area contributed by atoms with Crippen LogP contribution in [0.5, 0.6) is 0 Å². The Morgan fingerprint density at radius 1 is 1.21 bits per heavy atom. The van der Waals surface area contributed by atoms with E-state index >= 15 is 0 Å². The zero-order chi connectivity index (χ0) is 17.7. The number of halogens is 1. The molecule has 1 aliphatic rings. The van der Waals surface area contributed by atoms with Crippen molar-refractivity contribution in [2.75, 3.05) is 0 Å². The van der Waals surface area contributed by atoms with Crippen LogP contribution in [0.3, 0.4) is 0 Å². The highest BCUT2D eigenvalue weighted by Gasteiger charge is 2.32. The predicted octanol–water partition coefficient (Wildman–Crippen LogP) is 3.34. The minimum Gasteiger partial charge on any atom is -0.461 e. The molecule has 1 N–H and O–H groups in total. The molecule has 2 rings (SSSR count). The monoisotopic (exact) mass is 465 g/mol. The molecule has 0 aliphatic heterocycles. The summed E-state index contributed by atoms with van der Waals surface area (Å²) in [5.74, 6) is -0.487. The minimum absolute atomic E-state index is 0.0900. The lowest BCUT2D eigenvalue weighted by Gasteiger charge is -2.26. The second kappa shape index (κ2) is 8.62. The first-order chi connectivity index (χ1) is 11.3. The molecule has 0 bridgehead atoms. The van der Waals surface area contributed by atoms with Crippen LogP contribution < -0.4 is 4.72 Å². The average Bonchev–Trinajstić information content (AvgIpc) is 2.53. The zero-order valence-corrected chi connectivity index (χ0v) is 17.0. The standard InChI is InChI=1S/C17H24INO4S/c1-12-8-10-15(11-9-12)24(21,22)19-16(13(2)18)17(20)23-14-6-4-3-5-7-14/h8-11,13-14,16,19H,3-7H2,1-2H3. The SMILES string of the molecule is Cc1ccc(S(=O)(=O)NC(C(=O)OC2CCCCC2)C(C)I)cc1. The molecule has 0 spiro atoms. The summed E-state index contributed by atoms with van der Waals surface area (Å²) in [5.41, 5.74) is 0.976. The zero-order valence-electron chi connectivity index (χ0n) is 14.0. The Morgan fingerprint density at radius 2 is 1.79 bits per heavy atom. The van der Waals surface area contributed by atoms with Gasteiger partial charge in [0.15, 0.2) is 0 Å². The summed E-state index contributed by atoms with van der Waals surface area (Å²) in [5, 5.41) is 0. The molecule has 2 atom stereocenters. The van der Waals surface area contributed by atoms with Gasteiger partial charge in [-0.2, -0.15) is 4.72 Å². The van der Waals surface area contributed by atoms with E-state index in [0.29, 0.717) is 0 Å². The first-order valence-corrected chi connectivity index (χ1v) is 11.0. The van der Waals surface area contributed by atoms with Crippen LogP contribution in [0.1, 0.15) is 44.6 Å². The number of esters is 1. The number of alkyl halides is 1. The fraction of sp³-hybridized carbons (Fsp3) is 0.588. The summed E-state index contributed by atoms with van der Waals surface area (Å²) in [7, 11) is -3.76. The number of nitrogens with one attached hydrogen (secondary N) is 1. The number of carbonyl (C=O) groups is 1. The fourth-order valence-electron chi connectivity index (χ4n) is 2.70. The maximum Gasteiger partial charge on any atom is 0.325 e. The van der Waals surface area contributed by atoms with Crippen LogP contribution in [-0.2, 0) is 19.6 Å².